The Morgan fingerprint density at radius 3 is 2.53 bits per heavy atom. The normalized spacial score (nSPS) is 11.9. The molecule has 0 aliphatic rings. The van der Waals surface area contributed by atoms with Crippen LogP contribution in [0.15, 0.2) is 48.5 Å². The van der Waals surface area contributed by atoms with Crippen LogP contribution in [0.3, 0.4) is 0 Å². The molecule has 2 aromatic rings. The van der Waals surface area contributed by atoms with E-state index in [1.807, 2.05) is 18.2 Å². The predicted molar refractivity (Wildman–Crippen MR) is 76.5 cm³/mol. The van der Waals surface area contributed by atoms with E-state index in [1.54, 1.807) is 31.2 Å². The Morgan fingerprint density at radius 1 is 1.21 bits per heavy atom. The maximum absolute atomic E-state index is 12.0. The Kier molecular flexibility index (Phi) is 4.07. The molecule has 2 N–H and O–H groups in total. The minimum Gasteiger partial charge on any atom is -0.508 e. The van der Waals surface area contributed by atoms with E-state index in [1.165, 1.54) is 6.07 Å². The van der Waals surface area contributed by atoms with Gasteiger partial charge >= 0.3 is 0 Å². The molecule has 1 amide bonds. The van der Waals surface area contributed by atoms with Gasteiger partial charge in [0, 0.05) is 5.69 Å². The van der Waals surface area contributed by atoms with Gasteiger partial charge < -0.3 is 10.4 Å². The van der Waals surface area contributed by atoms with Gasteiger partial charge in [-0.1, -0.05) is 30.3 Å². The van der Waals surface area contributed by atoms with Crippen molar-refractivity contribution in [3.05, 3.63) is 59.7 Å². The average molecular weight is 276 g/mol. The highest BCUT2D eigenvalue weighted by Crippen LogP contribution is 2.24. The summed E-state index contributed by atoms with van der Waals surface area (Å²) < 4.78 is 0. The SMILES string of the molecule is Cc1cc(NC(=O)C(Cl)c2ccccc2)ccc1O. The van der Waals surface area contributed by atoms with Gasteiger partial charge in [0.1, 0.15) is 11.1 Å². The van der Waals surface area contributed by atoms with E-state index in [0.29, 0.717) is 11.3 Å². The molecule has 0 heterocycles. The quantitative estimate of drug-likeness (QED) is 0.664. The third-order valence-corrected chi connectivity index (χ3v) is 3.24. The number of anilines is 1. The van der Waals surface area contributed by atoms with E-state index in [2.05, 4.69) is 5.32 Å². The van der Waals surface area contributed by atoms with Crippen LogP contribution >= 0.6 is 11.6 Å². The molecule has 0 aromatic heterocycles. The monoisotopic (exact) mass is 275 g/mol. The van der Waals surface area contributed by atoms with Crippen LogP contribution in [0.1, 0.15) is 16.5 Å². The van der Waals surface area contributed by atoms with Gasteiger partial charge in [-0.3, -0.25) is 4.79 Å². The first-order chi connectivity index (χ1) is 9.08. The van der Waals surface area contributed by atoms with Gasteiger partial charge in [-0.05, 0) is 36.2 Å². The largest absolute Gasteiger partial charge is 0.508 e. The van der Waals surface area contributed by atoms with Crippen LogP contribution in [0, 0.1) is 6.92 Å². The van der Waals surface area contributed by atoms with E-state index in [4.69, 9.17) is 11.6 Å². The number of hydrogen-bond donors (Lipinski definition) is 2. The molecule has 19 heavy (non-hydrogen) atoms. The first kappa shape index (κ1) is 13.4. The molecule has 0 aliphatic heterocycles. The van der Waals surface area contributed by atoms with Gasteiger partial charge in [0.25, 0.3) is 0 Å². The smallest absolute Gasteiger partial charge is 0.246 e. The molecule has 0 saturated carbocycles. The minimum atomic E-state index is -0.740. The van der Waals surface area contributed by atoms with Gasteiger partial charge in [0.05, 0.1) is 0 Å². The number of halogens is 1. The number of aromatic hydroxyl groups is 1. The Hall–Kier alpha value is -2.00. The van der Waals surface area contributed by atoms with E-state index in [9.17, 15) is 9.90 Å². The summed E-state index contributed by atoms with van der Waals surface area (Å²) in [4.78, 5) is 12.0. The van der Waals surface area contributed by atoms with Crippen LogP contribution in [0.2, 0.25) is 0 Å². The molecule has 1 atom stereocenters. The second-order valence-corrected chi connectivity index (χ2v) is 4.70. The zero-order valence-corrected chi connectivity index (χ0v) is 11.2. The zero-order chi connectivity index (χ0) is 13.8. The lowest BCUT2D eigenvalue weighted by Crippen LogP contribution is -2.17. The van der Waals surface area contributed by atoms with Crippen LogP contribution in [-0.2, 0) is 4.79 Å². The highest BCUT2D eigenvalue weighted by atomic mass is 35.5. The molecule has 0 radical (unpaired) electrons. The number of amides is 1. The molecule has 3 nitrogen and oxygen atoms in total. The second kappa shape index (κ2) is 5.76. The first-order valence-electron chi connectivity index (χ1n) is 5.87. The van der Waals surface area contributed by atoms with E-state index in [0.717, 1.165) is 5.56 Å². The lowest BCUT2D eigenvalue weighted by molar-refractivity contribution is -0.116. The first-order valence-corrected chi connectivity index (χ1v) is 6.31. The molecule has 98 valence electrons. The number of rotatable bonds is 3. The second-order valence-electron chi connectivity index (χ2n) is 4.26. The average Bonchev–Trinajstić information content (AvgIpc) is 2.43. The number of alkyl halides is 1. The number of benzene rings is 2. The molecule has 1 unspecified atom stereocenters. The van der Waals surface area contributed by atoms with Crippen LogP contribution in [0.25, 0.3) is 0 Å². The Bertz CT molecular complexity index is 584. The molecular formula is C15H14ClNO2. The van der Waals surface area contributed by atoms with Gasteiger partial charge in [-0.25, -0.2) is 0 Å². The summed E-state index contributed by atoms with van der Waals surface area (Å²) >= 11 is 6.12. The van der Waals surface area contributed by atoms with E-state index in [-0.39, 0.29) is 11.7 Å². The molecule has 0 bridgehead atoms. The molecule has 2 aromatic carbocycles. The summed E-state index contributed by atoms with van der Waals surface area (Å²) in [5.74, 6) is -0.0959. The minimum absolute atomic E-state index is 0.198. The fourth-order valence-electron chi connectivity index (χ4n) is 1.71. The van der Waals surface area contributed by atoms with E-state index >= 15 is 0 Å². The van der Waals surface area contributed by atoms with Crippen molar-refractivity contribution in [3.8, 4) is 5.75 Å². The Labute approximate surface area is 116 Å². The molecule has 0 spiro atoms. The fraction of sp³-hybridized carbons (Fsp3) is 0.133. The van der Waals surface area contributed by atoms with Crippen molar-refractivity contribution < 1.29 is 9.90 Å². The lowest BCUT2D eigenvalue weighted by atomic mass is 10.1. The maximum atomic E-state index is 12.0. The summed E-state index contributed by atoms with van der Waals surface area (Å²) in [6, 6.07) is 14.0. The van der Waals surface area contributed by atoms with Crippen LogP contribution in [-0.4, -0.2) is 11.0 Å². The van der Waals surface area contributed by atoms with Crippen molar-refractivity contribution in [2.75, 3.05) is 5.32 Å². The fourth-order valence-corrected chi connectivity index (χ4v) is 1.91. The van der Waals surface area contributed by atoms with Crippen LogP contribution < -0.4 is 5.32 Å². The Balaban J connectivity index is 2.10. The maximum Gasteiger partial charge on any atom is 0.246 e. The van der Waals surface area contributed by atoms with Crippen molar-refractivity contribution in [3.63, 3.8) is 0 Å². The molecule has 0 saturated heterocycles. The predicted octanol–water partition coefficient (Wildman–Crippen LogP) is 3.62. The van der Waals surface area contributed by atoms with Gasteiger partial charge in [-0.2, -0.15) is 0 Å². The van der Waals surface area contributed by atoms with Crippen LogP contribution in [0.4, 0.5) is 5.69 Å². The molecule has 0 aliphatic carbocycles. The zero-order valence-electron chi connectivity index (χ0n) is 10.4. The number of carbonyl (C=O) groups excluding carboxylic acids is 1. The number of nitrogens with one attached hydrogen (secondary N) is 1. The Morgan fingerprint density at radius 2 is 1.89 bits per heavy atom. The topological polar surface area (TPSA) is 49.3 Å². The third-order valence-electron chi connectivity index (χ3n) is 2.79. The van der Waals surface area contributed by atoms with Crippen molar-refractivity contribution in [1.82, 2.24) is 0 Å². The summed E-state index contributed by atoms with van der Waals surface area (Å²) in [5.41, 5.74) is 2.06. The van der Waals surface area contributed by atoms with Gasteiger partial charge in [-0.15, -0.1) is 11.6 Å². The molecular weight excluding hydrogens is 262 g/mol. The van der Waals surface area contributed by atoms with Gasteiger partial charge in [0.2, 0.25) is 5.91 Å². The summed E-state index contributed by atoms with van der Waals surface area (Å²) in [5, 5.41) is 11.4. The number of hydrogen-bond acceptors (Lipinski definition) is 2. The van der Waals surface area contributed by atoms with E-state index < -0.39 is 5.38 Å². The highest BCUT2D eigenvalue weighted by molar-refractivity contribution is 6.32. The van der Waals surface area contributed by atoms with Crippen LogP contribution in [0.5, 0.6) is 5.75 Å². The van der Waals surface area contributed by atoms with Crippen molar-refractivity contribution >= 4 is 23.2 Å². The summed E-state index contributed by atoms with van der Waals surface area (Å²) in [6.45, 7) is 1.76. The lowest BCUT2D eigenvalue weighted by Gasteiger charge is -2.11. The number of phenols is 1. The highest BCUT2D eigenvalue weighted by Gasteiger charge is 2.17. The van der Waals surface area contributed by atoms with Crippen molar-refractivity contribution in [1.29, 1.82) is 0 Å². The number of carbonyl (C=O) groups is 1. The number of aryl methyl sites for hydroxylation is 1. The summed E-state index contributed by atoms with van der Waals surface area (Å²) in [7, 11) is 0. The van der Waals surface area contributed by atoms with Gasteiger partial charge in [0.15, 0.2) is 0 Å². The van der Waals surface area contributed by atoms with Crippen molar-refractivity contribution in [2.45, 2.75) is 12.3 Å². The summed E-state index contributed by atoms with van der Waals surface area (Å²) in [6.07, 6.45) is 0. The molecule has 0 fully saturated rings. The molecule has 2 rings (SSSR count). The standard InChI is InChI=1S/C15H14ClNO2/c1-10-9-12(7-8-13(10)18)17-15(19)14(16)11-5-3-2-4-6-11/h2-9,14,18H,1H3,(H,17,19). The number of phenolic OH excluding ortho intramolecular Hbond substituents is 1. The third kappa shape index (κ3) is 3.26. The van der Waals surface area contributed by atoms with Crippen molar-refractivity contribution in [2.24, 2.45) is 0 Å². The molecule has 4 heteroatoms.